The summed E-state index contributed by atoms with van der Waals surface area (Å²) in [6.07, 6.45) is 4.32. The number of anilines is 1. The highest BCUT2D eigenvalue weighted by atomic mass is 19.1. The van der Waals surface area contributed by atoms with Crippen LogP contribution in [0.3, 0.4) is 0 Å². The molecular formula is C20H22FN5O2. The summed E-state index contributed by atoms with van der Waals surface area (Å²) in [5.74, 6) is 4.86. The van der Waals surface area contributed by atoms with Crippen molar-refractivity contribution in [3.05, 3.63) is 36.2 Å². The fraction of sp³-hybridized carbons (Fsp3) is 0.350. The second-order valence-electron chi connectivity index (χ2n) is 7.80. The van der Waals surface area contributed by atoms with E-state index in [9.17, 15) is 14.6 Å². The van der Waals surface area contributed by atoms with Gasteiger partial charge in [-0.2, -0.15) is 0 Å². The molecule has 0 fully saturated rings. The van der Waals surface area contributed by atoms with Gasteiger partial charge in [0.05, 0.1) is 30.1 Å². The van der Waals surface area contributed by atoms with Crippen LogP contribution in [0.15, 0.2) is 24.7 Å². The van der Waals surface area contributed by atoms with E-state index in [2.05, 4.69) is 26.8 Å². The third-order valence-electron chi connectivity index (χ3n) is 3.84. The predicted molar refractivity (Wildman–Crippen MR) is 105 cm³/mol. The average Bonchev–Trinajstić information content (AvgIpc) is 2.90. The molecule has 0 amide bonds. The summed E-state index contributed by atoms with van der Waals surface area (Å²) in [5, 5.41) is 20.7. The van der Waals surface area contributed by atoms with E-state index in [4.69, 9.17) is 5.73 Å². The average molecular weight is 383 g/mol. The number of nitrogens with two attached hydrogens (primary N) is 1. The lowest BCUT2D eigenvalue weighted by Gasteiger charge is -2.18. The second kappa shape index (κ2) is 6.86. The number of aliphatic hydroxyl groups is 2. The van der Waals surface area contributed by atoms with Gasteiger partial charge in [-0.05, 0) is 39.7 Å². The van der Waals surface area contributed by atoms with Gasteiger partial charge in [0.15, 0.2) is 5.82 Å². The van der Waals surface area contributed by atoms with E-state index in [0.717, 1.165) is 6.20 Å². The molecule has 0 spiro atoms. The highest BCUT2D eigenvalue weighted by Gasteiger charge is 2.20. The molecule has 0 aliphatic heterocycles. The molecular weight excluding hydrogens is 361 g/mol. The number of rotatable bonds is 3. The van der Waals surface area contributed by atoms with Crippen molar-refractivity contribution in [3.63, 3.8) is 0 Å². The van der Waals surface area contributed by atoms with Gasteiger partial charge in [0.1, 0.15) is 17.0 Å². The number of nitrogen functional groups attached to an aromatic ring is 1. The Morgan fingerprint density at radius 1 is 1.18 bits per heavy atom. The highest BCUT2D eigenvalue weighted by Crippen LogP contribution is 2.32. The van der Waals surface area contributed by atoms with Crippen molar-refractivity contribution in [1.29, 1.82) is 0 Å². The van der Waals surface area contributed by atoms with Crippen LogP contribution in [0.5, 0.6) is 0 Å². The lowest BCUT2D eigenvalue weighted by Crippen LogP contribution is -2.25. The first-order valence-electron chi connectivity index (χ1n) is 8.68. The normalized spacial score (nSPS) is 12.1. The summed E-state index contributed by atoms with van der Waals surface area (Å²) in [6.45, 7) is 6.77. The van der Waals surface area contributed by atoms with Crippen molar-refractivity contribution in [2.45, 2.75) is 45.4 Å². The van der Waals surface area contributed by atoms with Crippen molar-refractivity contribution < 1.29 is 14.6 Å². The van der Waals surface area contributed by atoms with Gasteiger partial charge in [-0.1, -0.05) is 5.92 Å². The predicted octanol–water partition coefficient (Wildman–Crippen LogP) is 2.11. The summed E-state index contributed by atoms with van der Waals surface area (Å²) < 4.78 is 16.2. The molecule has 4 N–H and O–H groups in total. The molecule has 0 saturated carbocycles. The Bertz CT molecular complexity index is 1100. The van der Waals surface area contributed by atoms with Gasteiger partial charge in [0, 0.05) is 17.1 Å². The summed E-state index contributed by atoms with van der Waals surface area (Å²) in [4.78, 5) is 12.0. The molecule has 3 aromatic heterocycles. The van der Waals surface area contributed by atoms with E-state index in [0.29, 0.717) is 22.2 Å². The summed E-state index contributed by atoms with van der Waals surface area (Å²) in [5.41, 5.74) is 5.12. The highest BCUT2D eigenvalue weighted by molar-refractivity contribution is 5.95. The van der Waals surface area contributed by atoms with Crippen LogP contribution in [0.25, 0.3) is 22.2 Å². The molecule has 0 radical (unpaired) electrons. The van der Waals surface area contributed by atoms with Crippen LogP contribution in [0.4, 0.5) is 10.3 Å². The zero-order valence-corrected chi connectivity index (χ0v) is 16.2. The Morgan fingerprint density at radius 3 is 2.54 bits per heavy atom. The molecule has 3 heterocycles. The van der Waals surface area contributed by atoms with E-state index in [1.807, 2.05) is 0 Å². The Kier molecular flexibility index (Phi) is 4.83. The van der Waals surface area contributed by atoms with Crippen LogP contribution in [0.1, 0.15) is 33.4 Å². The molecule has 146 valence electrons. The molecule has 8 heteroatoms. The first-order chi connectivity index (χ1) is 12.9. The number of halogens is 1. The number of hydrogen-bond acceptors (Lipinski definition) is 6. The molecule has 3 rings (SSSR count). The summed E-state index contributed by atoms with van der Waals surface area (Å²) >= 11 is 0. The van der Waals surface area contributed by atoms with Gasteiger partial charge < -0.3 is 20.5 Å². The van der Waals surface area contributed by atoms with Crippen LogP contribution >= 0.6 is 0 Å². The number of nitrogens with zero attached hydrogens (tertiary/aromatic N) is 4. The van der Waals surface area contributed by atoms with E-state index in [1.54, 1.807) is 50.7 Å². The van der Waals surface area contributed by atoms with Crippen molar-refractivity contribution in [2.24, 2.45) is 0 Å². The van der Waals surface area contributed by atoms with Gasteiger partial charge in [0.2, 0.25) is 5.95 Å². The Labute approximate surface area is 162 Å². The molecule has 0 saturated heterocycles. The van der Waals surface area contributed by atoms with Gasteiger partial charge in [0.25, 0.3) is 0 Å². The van der Waals surface area contributed by atoms with Crippen molar-refractivity contribution >= 4 is 16.9 Å². The molecule has 0 atom stereocenters. The minimum Gasteiger partial charge on any atom is -0.389 e. The number of fused-ring (bicyclic) bond motifs is 1. The van der Waals surface area contributed by atoms with Gasteiger partial charge in [-0.15, -0.1) is 0 Å². The van der Waals surface area contributed by atoms with E-state index in [-0.39, 0.29) is 18.2 Å². The molecule has 0 aliphatic rings. The van der Waals surface area contributed by atoms with Crippen LogP contribution in [0, 0.1) is 17.7 Å². The van der Waals surface area contributed by atoms with Gasteiger partial charge >= 0.3 is 0 Å². The van der Waals surface area contributed by atoms with E-state index >= 15 is 0 Å². The third kappa shape index (κ3) is 4.44. The zero-order chi connectivity index (χ0) is 20.7. The van der Waals surface area contributed by atoms with Crippen molar-refractivity contribution in [1.82, 2.24) is 19.5 Å². The maximum atomic E-state index is 14.4. The molecule has 0 unspecified atom stereocenters. The molecule has 3 aromatic rings. The number of aromatic nitrogens is 4. The van der Waals surface area contributed by atoms with Crippen LogP contribution in [0.2, 0.25) is 0 Å². The lowest BCUT2D eigenvalue weighted by molar-refractivity contribution is 0.0628. The van der Waals surface area contributed by atoms with Crippen LogP contribution < -0.4 is 5.73 Å². The first kappa shape index (κ1) is 19.7. The molecule has 0 aromatic carbocycles. The van der Waals surface area contributed by atoms with E-state index in [1.165, 1.54) is 0 Å². The largest absolute Gasteiger partial charge is 0.389 e. The van der Waals surface area contributed by atoms with Crippen molar-refractivity contribution in [3.8, 4) is 23.1 Å². The summed E-state index contributed by atoms with van der Waals surface area (Å²) in [6, 6.07) is 1.70. The first-order valence-corrected chi connectivity index (χ1v) is 8.68. The molecule has 0 bridgehead atoms. The number of hydrogen-bond donors (Lipinski definition) is 3. The minimum absolute atomic E-state index is 0.0455. The summed E-state index contributed by atoms with van der Waals surface area (Å²) in [7, 11) is 0. The molecule has 0 aliphatic carbocycles. The van der Waals surface area contributed by atoms with Gasteiger partial charge in [-0.25, -0.2) is 19.3 Å². The lowest BCUT2D eigenvalue weighted by atomic mass is 10.1. The smallest absolute Gasteiger partial charge is 0.220 e. The Balaban J connectivity index is 2.25. The SMILES string of the molecule is CC(C)(O)C#Cc1cc2c(-c3nc(N)ncc3F)cn(CC(C)(C)O)c2cn1. The Morgan fingerprint density at radius 2 is 1.89 bits per heavy atom. The quantitative estimate of drug-likeness (QED) is 0.598. The molecule has 28 heavy (non-hydrogen) atoms. The Hall–Kier alpha value is -3.02. The van der Waals surface area contributed by atoms with Gasteiger partial charge in [-0.3, -0.25) is 0 Å². The third-order valence-corrected chi connectivity index (χ3v) is 3.84. The van der Waals surface area contributed by atoms with E-state index < -0.39 is 17.0 Å². The second-order valence-corrected chi connectivity index (χ2v) is 7.80. The van der Waals surface area contributed by atoms with Crippen molar-refractivity contribution in [2.75, 3.05) is 5.73 Å². The number of pyridine rings is 1. The zero-order valence-electron chi connectivity index (χ0n) is 16.2. The maximum absolute atomic E-state index is 14.4. The maximum Gasteiger partial charge on any atom is 0.220 e. The fourth-order valence-corrected chi connectivity index (χ4v) is 2.78. The minimum atomic E-state index is -1.17. The topological polar surface area (TPSA) is 110 Å². The monoisotopic (exact) mass is 383 g/mol. The fourth-order valence-electron chi connectivity index (χ4n) is 2.78. The molecule has 7 nitrogen and oxygen atoms in total. The van der Waals surface area contributed by atoms with Crippen LogP contribution in [-0.4, -0.2) is 40.9 Å². The van der Waals surface area contributed by atoms with Crippen LogP contribution in [-0.2, 0) is 6.54 Å². The standard InChI is InChI=1S/C20H22FN5O2/c1-19(2,27)6-5-12-7-13-14(17-15(21)8-24-18(22)25-17)10-26(11-20(3,4)28)16(13)9-23-12/h7-10,27-28H,11H2,1-4H3,(H2,22,24,25).